The molecular formula is C18H15NS. The van der Waals surface area contributed by atoms with E-state index in [9.17, 15) is 0 Å². The van der Waals surface area contributed by atoms with Crippen LogP contribution in [0.2, 0.25) is 0 Å². The number of thioether (sulfide) groups is 1. The third kappa shape index (κ3) is 3.09. The zero-order valence-corrected chi connectivity index (χ0v) is 11.9. The van der Waals surface area contributed by atoms with Gasteiger partial charge in [0.1, 0.15) is 5.03 Å². The van der Waals surface area contributed by atoms with Gasteiger partial charge in [-0.1, -0.05) is 66.7 Å². The lowest BCUT2D eigenvalue weighted by atomic mass is 10.1. The summed E-state index contributed by atoms with van der Waals surface area (Å²) >= 11 is 1.78. The van der Waals surface area contributed by atoms with E-state index >= 15 is 0 Å². The summed E-state index contributed by atoms with van der Waals surface area (Å²) < 4.78 is 0. The summed E-state index contributed by atoms with van der Waals surface area (Å²) in [7, 11) is 0. The lowest BCUT2D eigenvalue weighted by molar-refractivity contribution is 1.14. The van der Waals surface area contributed by atoms with Gasteiger partial charge in [0.25, 0.3) is 0 Å². The van der Waals surface area contributed by atoms with Crippen molar-refractivity contribution in [2.24, 2.45) is 0 Å². The van der Waals surface area contributed by atoms with E-state index in [1.165, 1.54) is 16.7 Å². The minimum absolute atomic E-state index is 0.942. The first-order valence-electron chi connectivity index (χ1n) is 6.60. The highest BCUT2D eigenvalue weighted by molar-refractivity contribution is 7.98. The largest absolute Gasteiger partial charge is 0.249 e. The molecule has 0 spiro atoms. The lowest BCUT2D eigenvalue weighted by Gasteiger charge is -2.08. The molecule has 3 aromatic rings. The Morgan fingerprint density at radius 2 is 1.45 bits per heavy atom. The Labute approximate surface area is 123 Å². The quantitative estimate of drug-likeness (QED) is 0.620. The minimum Gasteiger partial charge on any atom is -0.249 e. The summed E-state index contributed by atoms with van der Waals surface area (Å²) in [6, 6.07) is 25.1. The summed E-state index contributed by atoms with van der Waals surface area (Å²) in [5, 5.41) is 1.09. The van der Waals surface area contributed by atoms with Crippen LogP contribution >= 0.6 is 11.8 Å². The molecule has 0 amide bonds. The third-order valence-electron chi connectivity index (χ3n) is 3.07. The number of rotatable bonds is 4. The van der Waals surface area contributed by atoms with Crippen LogP contribution in [0.5, 0.6) is 0 Å². The van der Waals surface area contributed by atoms with Crippen molar-refractivity contribution in [1.29, 1.82) is 0 Å². The molecule has 20 heavy (non-hydrogen) atoms. The highest BCUT2D eigenvalue weighted by atomic mass is 32.2. The van der Waals surface area contributed by atoms with Gasteiger partial charge in [0, 0.05) is 17.5 Å². The Kier molecular flexibility index (Phi) is 4.14. The smallest absolute Gasteiger partial charge is 0.104 e. The fraction of sp³-hybridized carbons (Fsp3) is 0.0556. The van der Waals surface area contributed by atoms with E-state index in [1.807, 2.05) is 24.4 Å². The van der Waals surface area contributed by atoms with Gasteiger partial charge in [0.15, 0.2) is 0 Å². The molecule has 98 valence electrons. The van der Waals surface area contributed by atoms with Crippen LogP contribution < -0.4 is 0 Å². The molecule has 0 unspecified atom stereocenters. The third-order valence-corrected chi connectivity index (χ3v) is 4.15. The number of hydrogen-bond donors (Lipinski definition) is 0. The number of hydrogen-bond acceptors (Lipinski definition) is 2. The Morgan fingerprint density at radius 3 is 2.20 bits per heavy atom. The monoisotopic (exact) mass is 277 g/mol. The van der Waals surface area contributed by atoms with Crippen LogP contribution in [-0.4, -0.2) is 4.98 Å². The molecule has 1 heterocycles. The van der Waals surface area contributed by atoms with Gasteiger partial charge in [-0.3, -0.25) is 0 Å². The van der Waals surface area contributed by atoms with Gasteiger partial charge in [0.2, 0.25) is 0 Å². The molecule has 0 radical (unpaired) electrons. The standard InChI is InChI=1S/C18H15NS/c1-3-8-15(9-4-1)14-20-18-17(12-7-13-19-18)16-10-5-2-6-11-16/h1-13H,14H2. The summed E-state index contributed by atoms with van der Waals surface area (Å²) in [4.78, 5) is 4.53. The number of benzene rings is 2. The van der Waals surface area contributed by atoms with Gasteiger partial charge in [-0.15, -0.1) is 11.8 Å². The normalized spacial score (nSPS) is 10.4. The number of nitrogens with zero attached hydrogens (tertiary/aromatic N) is 1. The van der Waals surface area contributed by atoms with Gasteiger partial charge >= 0.3 is 0 Å². The van der Waals surface area contributed by atoms with Crippen molar-refractivity contribution in [1.82, 2.24) is 4.98 Å². The molecule has 0 bridgehead atoms. The van der Waals surface area contributed by atoms with Gasteiger partial charge in [0.05, 0.1) is 0 Å². The van der Waals surface area contributed by atoms with Crippen molar-refractivity contribution in [2.75, 3.05) is 0 Å². The average molecular weight is 277 g/mol. The van der Waals surface area contributed by atoms with E-state index in [2.05, 4.69) is 59.6 Å². The highest BCUT2D eigenvalue weighted by Gasteiger charge is 2.06. The van der Waals surface area contributed by atoms with E-state index in [-0.39, 0.29) is 0 Å². The fourth-order valence-corrected chi connectivity index (χ4v) is 3.04. The second-order valence-electron chi connectivity index (χ2n) is 4.50. The van der Waals surface area contributed by atoms with Crippen LogP contribution in [0.15, 0.2) is 84.0 Å². The molecule has 0 saturated carbocycles. The van der Waals surface area contributed by atoms with Crippen LogP contribution in [-0.2, 0) is 5.75 Å². The molecule has 0 aliphatic heterocycles. The second kappa shape index (κ2) is 6.40. The first kappa shape index (κ1) is 12.9. The Hall–Kier alpha value is -2.06. The number of pyridine rings is 1. The first-order chi connectivity index (χ1) is 9.93. The molecule has 1 aromatic heterocycles. The molecule has 2 heteroatoms. The van der Waals surface area contributed by atoms with Crippen molar-refractivity contribution >= 4 is 11.8 Å². The van der Waals surface area contributed by atoms with Gasteiger partial charge in [-0.25, -0.2) is 4.98 Å². The molecule has 2 aromatic carbocycles. The van der Waals surface area contributed by atoms with Gasteiger partial charge < -0.3 is 0 Å². The maximum absolute atomic E-state index is 4.53. The summed E-state index contributed by atoms with van der Waals surface area (Å²) in [5.41, 5.74) is 3.74. The molecule has 0 saturated heterocycles. The molecule has 0 fully saturated rings. The van der Waals surface area contributed by atoms with Gasteiger partial charge in [-0.2, -0.15) is 0 Å². The molecule has 0 atom stereocenters. The minimum atomic E-state index is 0.942. The van der Waals surface area contributed by atoms with Crippen LogP contribution in [0.4, 0.5) is 0 Å². The fourth-order valence-electron chi connectivity index (χ4n) is 2.07. The zero-order valence-electron chi connectivity index (χ0n) is 11.1. The maximum atomic E-state index is 4.53. The summed E-state index contributed by atoms with van der Waals surface area (Å²) in [5.74, 6) is 0.942. The van der Waals surface area contributed by atoms with Crippen LogP contribution in [0.25, 0.3) is 11.1 Å². The molecule has 1 nitrogen and oxygen atoms in total. The van der Waals surface area contributed by atoms with Crippen LogP contribution in [0.1, 0.15) is 5.56 Å². The lowest BCUT2D eigenvalue weighted by Crippen LogP contribution is -1.87. The topological polar surface area (TPSA) is 12.9 Å². The molecule has 3 rings (SSSR count). The molecule has 0 aliphatic rings. The van der Waals surface area contributed by atoms with E-state index in [0.29, 0.717) is 0 Å². The molecule has 0 aliphatic carbocycles. The van der Waals surface area contributed by atoms with Crippen molar-refractivity contribution in [2.45, 2.75) is 10.8 Å². The highest BCUT2D eigenvalue weighted by Crippen LogP contribution is 2.31. The van der Waals surface area contributed by atoms with E-state index in [1.54, 1.807) is 11.8 Å². The predicted octanol–water partition coefficient (Wildman–Crippen LogP) is 5.04. The van der Waals surface area contributed by atoms with Crippen molar-refractivity contribution < 1.29 is 0 Å². The SMILES string of the molecule is c1ccc(CSc2ncccc2-c2ccccc2)cc1. The zero-order chi connectivity index (χ0) is 13.6. The Balaban J connectivity index is 1.84. The first-order valence-corrected chi connectivity index (χ1v) is 7.59. The van der Waals surface area contributed by atoms with Crippen LogP contribution in [0.3, 0.4) is 0 Å². The van der Waals surface area contributed by atoms with Crippen molar-refractivity contribution in [3.8, 4) is 11.1 Å². The summed E-state index contributed by atoms with van der Waals surface area (Å²) in [6.45, 7) is 0. The second-order valence-corrected chi connectivity index (χ2v) is 5.46. The van der Waals surface area contributed by atoms with Crippen LogP contribution in [0, 0.1) is 0 Å². The molecule has 0 N–H and O–H groups in total. The number of aromatic nitrogens is 1. The Bertz CT molecular complexity index is 665. The van der Waals surface area contributed by atoms with E-state index < -0.39 is 0 Å². The van der Waals surface area contributed by atoms with Crippen molar-refractivity contribution in [3.05, 3.63) is 84.6 Å². The predicted molar refractivity (Wildman–Crippen MR) is 85.7 cm³/mol. The van der Waals surface area contributed by atoms with Gasteiger partial charge in [-0.05, 0) is 17.2 Å². The maximum Gasteiger partial charge on any atom is 0.104 e. The summed E-state index contributed by atoms with van der Waals surface area (Å²) in [6.07, 6.45) is 1.86. The average Bonchev–Trinajstić information content (AvgIpc) is 2.55. The van der Waals surface area contributed by atoms with E-state index in [0.717, 1.165) is 10.8 Å². The van der Waals surface area contributed by atoms with Crippen molar-refractivity contribution in [3.63, 3.8) is 0 Å². The Morgan fingerprint density at radius 1 is 0.750 bits per heavy atom. The molecular weight excluding hydrogens is 262 g/mol. The van der Waals surface area contributed by atoms with E-state index in [4.69, 9.17) is 0 Å².